The van der Waals surface area contributed by atoms with E-state index in [9.17, 15) is 4.79 Å². The average Bonchev–Trinajstić information content (AvgIpc) is 2.75. The van der Waals surface area contributed by atoms with E-state index in [1.165, 1.54) is 5.56 Å². The molecular formula is C24H26N2O3. The Balaban J connectivity index is 1.43. The first kappa shape index (κ1) is 20.3. The highest BCUT2D eigenvalue weighted by Crippen LogP contribution is 2.19. The van der Waals surface area contributed by atoms with Gasteiger partial charge in [-0.1, -0.05) is 35.9 Å². The van der Waals surface area contributed by atoms with Gasteiger partial charge in [0, 0.05) is 17.9 Å². The number of carbonyl (C=O) groups excluding carboxylic acids is 1. The lowest BCUT2D eigenvalue weighted by molar-refractivity contribution is -0.118. The third-order valence-corrected chi connectivity index (χ3v) is 4.48. The lowest BCUT2D eigenvalue weighted by Gasteiger charge is -2.11. The molecule has 0 saturated carbocycles. The molecule has 150 valence electrons. The van der Waals surface area contributed by atoms with Gasteiger partial charge >= 0.3 is 0 Å². The largest absolute Gasteiger partial charge is 0.496 e. The summed E-state index contributed by atoms with van der Waals surface area (Å²) in [6.07, 6.45) is 0.860. The van der Waals surface area contributed by atoms with Crippen LogP contribution in [0, 0.1) is 6.92 Å². The zero-order valence-electron chi connectivity index (χ0n) is 16.8. The number of hydrogen-bond donors (Lipinski definition) is 2. The van der Waals surface area contributed by atoms with Gasteiger partial charge in [-0.25, -0.2) is 0 Å². The minimum atomic E-state index is -0.192. The van der Waals surface area contributed by atoms with Crippen molar-refractivity contribution in [2.24, 2.45) is 0 Å². The molecule has 5 heteroatoms. The number of hydrogen-bond acceptors (Lipinski definition) is 4. The van der Waals surface area contributed by atoms with E-state index in [0.29, 0.717) is 5.75 Å². The first-order valence-corrected chi connectivity index (χ1v) is 9.59. The van der Waals surface area contributed by atoms with E-state index in [4.69, 9.17) is 9.47 Å². The van der Waals surface area contributed by atoms with Crippen LogP contribution in [-0.4, -0.2) is 26.2 Å². The van der Waals surface area contributed by atoms with Crippen molar-refractivity contribution >= 4 is 17.3 Å². The molecule has 0 aliphatic carbocycles. The van der Waals surface area contributed by atoms with Crippen LogP contribution in [0.3, 0.4) is 0 Å². The lowest BCUT2D eigenvalue weighted by atomic mass is 10.1. The number of amides is 1. The van der Waals surface area contributed by atoms with Crippen LogP contribution in [0.25, 0.3) is 0 Å². The van der Waals surface area contributed by atoms with E-state index in [0.717, 1.165) is 35.7 Å². The molecule has 0 atom stereocenters. The molecule has 3 aromatic carbocycles. The Hall–Kier alpha value is -3.47. The van der Waals surface area contributed by atoms with Crippen molar-refractivity contribution in [1.29, 1.82) is 0 Å². The van der Waals surface area contributed by atoms with E-state index >= 15 is 0 Å². The molecular weight excluding hydrogens is 364 g/mol. The Kier molecular flexibility index (Phi) is 7.11. The number of aryl methyl sites for hydroxylation is 1. The van der Waals surface area contributed by atoms with Gasteiger partial charge in [0.15, 0.2) is 6.61 Å². The summed E-state index contributed by atoms with van der Waals surface area (Å²) in [5.41, 5.74) is 4.05. The first-order valence-electron chi connectivity index (χ1n) is 9.59. The predicted octanol–water partition coefficient (Wildman–Crippen LogP) is 4.68. The minimum absolute atomic E-state index is 0.0258. The zero-order chi connectivity index (χ0) is 20.5. The van der Waals surface area contributed by atoms with Gasteiger partial charge in [0.05, 0.1) is 7.11 Å². The van der Waals surface area contributed by atoms with E-state index < -0.39 is 0 Å². The molecule has 0 saturated heterocycles. The molecule has 0 aliphatic rings. The van der Waals surface area contributed by atoms with E-state index in [1.54, 1.807) is 7.11 Å². The summed E-state index contributed by atoms with van der Waals surface area (Å²) >= 11 is 0. The Morgan fingerprint density at radius 3 is 2.31 bits per heavy atom. The monoisotopic (exact) mass is 390 g/mol. The van der Waals surface area contributed by atoms with Crippen molar-refractivity contribution in [2.45, 2.75) is 13.3 Å². The van der Waals surface area contributed by atoms with Gasteiger partial charge in [-0.2, -0.15) is 0 Å². The van der Waals surface area contributed by atoms with Crippen molar-refractivity contribution in [3.8, 4) is 11.5 Å². The summed E-state index contributed by atoms with van der Waals surface area (Å²) in [4.78, 5) is 12.1. The minimum Gasteiger partial charge on any atom is -0.496 e. The van der Waals surface area contributed by atoms with Gasteiger partial charge in [0.1, 0.15) is 11.5 Å². The zero-order valence-corrected chi connectivity index (χ0v) is 16.8. The number of rotatable bonds is 9. The van der Waals surface area contributed by atoms with Crippen LogP contribution in [0.15, 0.2) is 72.8 Å². The molecule has 2 N–H and O–H groups in total. The van der Waals surface area contributed by atoms with Gasteiger partial charge in [0.25, 0.3) is 5.91 Å². The normalized spacial score (nSPS) is 10.3. The van der Waals surface area contributed by atoms with Crippen LogP contribution >= 0.6 is 0 Å². The fraction of sp³-hybridized carbons (Fsp3) is 0.208. The van der Waals surface area contributed by atoms with Crippen LogP contribution in [0.1, 0.15) is 11.1 Å². The van der Waals surface area contributed by atoms with Crippen LogP contribution in [-0.2, 0) is 11.2 Å². The topological polar surface area (TPSA) is 59.6 Å². The molecule has 3 aromatic rings. The van der Waals surface area contributed by atoms with E-state index in [2.05, 4.69) is 16.7 Å². The van der Waals surface area contributed by atoms with Gasteiger partial charge in [-0.3, -0.25) is 4.79 Å². The number of methoxy groups -OCH3 is 1. The third kappa shape index (κ3) is 6.28. The van der Waals surface area contributed by atoms with Gasteiger partial charge in [-0.05, 0) is 61.4 Å². The second-order valence-corrected chi connectivity index (χ2v) is 6.72. The maximum Gasteiger partial charge on any atom is 0.262 e. The van der Waals surface area contributed by atoms with Crippen LogP contribution < -0.4 is 20.1 Å². The highest BCUT2D eigenvalue weighted by molar-refractivity contribution is 5.92. The number of anilines is 2. The molecule has 5 nitrogen and oxygen atoms in total. The first-order chi connectivity index (χ1) is 14.1. The second-order valence-electron chi connectivity index (χ2n) is 6.72. The van der Waals surface area contributed by atoms with Gasteiger partial charge in [-0.15, -0.1) is 0 Å². The molecule has 0 spiro atoms. The summed E-state index contributed by atoms with van der Waals surface area (Å²) in [6, 6.07) is 23.3. The predicted molar refractivity (Wildman–Crippen MR) is 117 cm³/mol. The summed E-state index contributed by atoms with van der Waals surface area (Å²) in [6.45, 7) is 2.77. The summed E-state index contributed by atoms with van der Waals surface area (Å²) in [5.74, 6) is 1.39. The Labute approximate surface area is 171 Å². The highest BCUT2D eigenvalue weighted by atomic mass is 16.5. The molecule has 0 aromatic heterocycles. The van der Waals surface area contributed by atoms with Crippen molar-refractivity contribution in [1.82, 2.24) is 0 Å². The Morgan fingerprint density at radius 2 is 1.59 bits per heavy atom. The Bertz CT molecular complexity index is 922. The van der Waals surface area contributed by atoms with Crippen molar-refractivity contribution in [2.75, 3.05) is 30.9 Å². The van der Waals surface area contributed by atoms with Gasteiger partial charge < -0.3 is 20.1 Å². The van der Waals surface area contributed by atoms with Crippen molar-refractivity contribution in [3.05, 3.63) is 83.9 Å². The molecule has 3 rings (SSSR count). The number of ether oxygens (including phenoxy) is 2. The van der Waals surface area contributed by atoms with E-state index in [1.807, 2.05) is 73.7 Å². The quantitative estimate of drug-likeness (QED) is 0.557. The summed E-state index contributed by atoms with van der Waals surface area (Å²) in [7, 11) is 1.69. The van der Waals surface area contributed by atoms with Crippen LogP contribution in [0.4, 0.5) is 11.4 Å². The van der Waals surface area contributed by atoms with Gasteiger partial charge in [0.2, 0.25) is 0 Å². The lowest BCUT2D eigenvalue weighted by Crippen LogP contribution is -2.20. The number of carbonyl (C=O) groups is 1. The van der Waals surface area contributed by atoms with Crippen LogP contribution in [0.5, 0.6) is 11.5 Å². The molecule has 0 fully saturated rings. The fourth-order valence-corrected chi connectivity index (χ4v) is 2.90. The third-order valence-electron chi connectivity index (χ3n) is 4.48. The number of benzene rings is 3. The molecule has 0 heterocycles. The Morgan fingerprint density at radius 1 is 0.897 bits per heavy atom. The number of nitrogens with one attached hydrogen (secondary N) is 2. The molecule has 0 radical (unpaired) electrons. The fourth-order valence-electron chi connectivity index (χ4n) is 2.90. The average molecular weight is 390 g/mol. The summed E-state index contributed by atoms with van der Waals surface area (Å²) < 4.78 is 10.9. The van der Waals surface area contributed by atoms with Crippen molar-refractivity contribution < 1.29 is 14.3 Å². The van der Waals surface area contributed by atoms with Crippen molar-refractivity contribution in [3.63, 3.8) is 0 Å². The maximum atomic E-state index is 12.1. The molecule has 0 bridgehead atoms. The molecule has 29 heavy (non-hydrogen) atoms. The van der Waals surface area contributed by atoms with Crippen LogP contribution in [0.2, 0.25) is 0 Å². The second kappa shape index (κ2) is 10.2. The molecule has 0 unspecified atom stereocenters. The molecule has 0 aliphatic heterocycles. The van der Waals surface area contributed by atoms with E-state index in [-0.39, 0.29) is 12.5 Å². The maximum absolute atomic E-state index is 12.1. The number of para-hydroxylation sites is 1. The molecule has 1 amide bonds. The standard InChI is InChI=1S/C24H26N2O3/c1-18-7-13-22(14-8-18)29-17-24(27)26-21-11-9-20(10-12-21)25-16-15-19-5-3-4-6-23(19)28-2/h3-14,25H,15-17H2,1-2H3,(H,26,27). The summed E-state index contributed by atoms with van der Waals surface area (Å²) in [5, 5.41) is 6.22. The highest BCUT2D eigenvalue weighted by Gasteiger charge is 2.05. The smallest absolute Gasteiger partial charge is 0.262 e. The SMILES string of the molecule is COc1ccccc1CCNc1ccc(NC(=O)COc2ccc(C)cc2)cc1.